The first-order valence-electron chi connectivity index (χ1n) is 9.01. The Morgan fingerprint density at radius 2 is 1.79 bits per heavy atom. The fourth-order valence-electron chi connectivity index (χ4n) is 2.76. The molecule has 0 aliphatic rings. The minimum atomic E-state index is -0.315. The van der Waals surface area contributed by atoms with Crippen LogP contribution in [0.1, 0.15) is 40.3 Å². The van der Waals surface area contributed by atoms with Crippen molar-refractivity contribution in [3.8, 4) is 11.1 Å². The van der Waals surface area contributed by atoms with E-state index in [1.54, 1.807) is 47.4 Å². The molecule has 0 radical (unpaired) electrons. The molecular formula is C21H23N5O2. The van der Waals surface area contributed by atoms with Crippen molar-refractivity contribution in [3.63, 3.8) is 0 Å². The molecule has 7 heteroatoms. The predicted molar refractivity (Wildman–Crippen MR) is 108 cm³/mol. The van der Waals surface area contributed by atoms with Gasteiger partial charge in [0.05, 0.1) is 6.20 Å². The van der Waals surface area contributed by atoms with Gasteiger partial charge in [-0.1, -0.05) is 0 Å². The highest BCUT2D eigenvalue weighted by molar-refractivity contribution is 6.04. The maximum Gasteiger partial charge on any atom is 0.274 e. The topological polar surface area (TPSA) is 88.9 Å². The molecule has 0 atom stereocenters. The molecule has 0 aliphatic heterocycles. The molecule has 0 unspecified atom stereocenters. The van der Waals surface area contributed by atoms with Gasteiger partial charge in [-0.3, -0.25) is 19.3 Å². The maximum absolute atomic E-state index is 12.6. The van der Waals surface area contributed by atoms with E-state index in [-0.39, 0.29) is 17.9 Å². The van der Waals surface area contributed by atoms with E-state index in [2.05, 4.69) is 20.7 Å². The van der Waals surface area contributed by atoms with Crippen LogP contribution in [0, 0.1) is 6.92 Å². The fourth-order valence-corrected chi connectivity index (χ4v) is 2.76. The highest BCUT2D eigenvalue weighted by Gasteiger charge is 2.13. The Morgan fingerprint density at radius 1 is 1.07 bits per heavy atom. The van der Waals surface area contributed by atoms with Gasteiger partial charge < -0.3 is 10.6 Å². The first kappa shape index (κ1) is 19.3. The van der Waals surface area contributed by atoms with Crippen molar-refractivity contribution in [1.82, 2.24) is 20.1 Å². The van der Waals surface area contributed by atoms with Gasteiger partial charge in [0.1, 0.15) is 5.69 Å². The van der Waals surface area contributed by atoms with Crippen LogP contribution < -0.4 is 10.6 Å². The average Bonchev–Trinajstić information content (AvgIpc) is 3.08. The van der Waals surface area contributed by atoms with Crippen LogP contribution in [0.5, 0.6) is 0 Å². The minimum Gasteiger partial charge on any atom is -0.350 e. The Balaban J connectivity index is 1.75. The summed E-state index contributed by atoms with van der Waals surface area (Å²) in [5, 5.41) is 9.82. The third-order valence-corrected chi connectivity index (χ3v) is 4.18. The second kappa shape index (κ2) is 8.04. The third kappa shape index (κ3) is 4.43. The van der Waals surface area contributed by atoms with E-state index in [1.165, 1.54) is 0 Å². The summed E-state index contributed by atoms with van der Waals surface area (Å²) in [6.45, 7) is 5.75. The van der Waals surface area contributed by atoms with Crippen molar-refractivity contribution < 1.29 is 9.59 Å². The quantitative estimate of drug-likeness (QED) is 0.715. The van der Waals surface area contributed by atoms with E-state index in [1.807, 2.05) is 34.0 Å². The molecule has 2 amide bonds. The normalized spacial score (nSPS) is 10.8. The lowest BCUT2D eigenvalue weighted by Gasteiger charge is -2.10. The first-order chi connectivity index (χ1) is 13.3. The number of amides is 2. The summed E-state index contributed by atoms with van der Waals surface area (Å²) in [6.07, 6.45) is 5.33. The summed E-state index contributed by atoms with van der Waals surface area (Å²) in [4.78, 5) is 28.8. The number of aryl methyl sites for hydroxylation is 2. The van der Waals surface area contributed by atoms with Crippen LogP contribution in [0.15, 0.2) is 48.9 Å². The lowest BCUT2D eigenvalue weighted by atomic mass is 10.0. The molecular weight excluding hydrogens is 354 g/mol. The van der Waals surface area contributed by atoms with Gasteiger partial charge in [-0.25, -0.2) is 0 Å². The highest BCUT2D eigenvalue weighted by atomic mass is 16.2. The van der Waals surface area contributed by atoms with Crippen LogP contribution >= 0.6 is 0 Å². The van der Waals surface area contributed by atoms with Crippen molar-refractivity contribution in [2.45, 2.75) is 26.8 Å². The van der Waals surface area contributed by atoms with Crippen molar-refractivity contribution in [2.24, 2.45) is 7.05 Å². The van der Waals surface area contributed by atoms with Crippen molar-refractivity contribution in [3.05, 3.63) is 65.7 Å². The lowest BCUT2D eigenvalue weighted by Crippen LogP contribution is -2.30. The van der Waals surface area contributed by atoms with Gasteiger partial charge >= 0.3 is 0 Å². The summed E-state index contributed by atoms with van der Waals surface area (Å²) >= 11 is 0. The van der Waals surface area contributed by atoms with Crippen LogP contribution in [0.4, 0.5) is 5.69 Å². The molecule has 0 fully saturated rings. The number of aromatic nitrogens is 3. The Morgan fingerprint density at radius 3 is 2.39 bits per heavy atom. The number of nitrogens with zero attached hydrogens (tertiary/aromatic N) is 3. The molecule has 0 spiro atoms. The first-order valence-corrected chi connectivity index (χ1v) is 9.01. The van der Waals surface area contributed by atoms with E-state index in [0.29, 0.717) is 16.9 Å². The molecule has 2 aromatic heterocycles. The predicted octanol–water partition coefficient (Wildman–Crippen LogP) is 3.18. The molecule has 7 nitrogen and oxygen atoms in total. The van der Waals surface area contributed by atoms with E-state index >= 15 is 0 Å². The molecule has 2 N–H and O–H groups in total. The van der Waals surface area contributed by atoms with Gasteiger partial charge in [-0.2, -0.15) is 5.10 Å². The zero-order valence-electron chi connectivity index (χ0n) is 16.4. The molecule has 2 heterocycles. The smallest absolute Gasteiger partial charge is 0.274 e. The molecule has 3 rings (SSSR count). The number of anilines is 1. The average molecular weight is 377 g/mol. The number of nitrogens with one attached hydrogen (secondary N) is 2. The number of benzene rings is 1. The SMILES string of the molecule is Cc1cnc(C(=O)Nc2ccc(C(=O)NC(C)C)cc2)cc1-c1cnn(C)c1. The lowest BCUT2D eigenvalue weighted by molar-refractivity contribution is 0.0942. The third-order valence-electron chi connectivity index (χ3n) is 4.18. The molecule has 0 saturated heterocycles. The molecule has 144 valence electrons. The van der Waals surface area contributed by atoms with E-state index < -0.39 is 0 Å². The summed E-state index contributed by atoms with van der Waals surface area (Å²) in [7, 11) is 1.85. The van der Waals surface area contributed by atoms with Crippen LogP contribution in [-0.4, -0.2) is 32.6 Å². The van der Waals surface area contributed by atoms with Gasteiger partial charge in [0.2, 0.25) is 0 Å². The second-order valence-electron chi connectivity index (χ2n) is 6.95. The summed E-state index contributed by atoms with van der Waals surface area (Å²) in [6, 6.07) is 8.57. The minimum absolute atomic E-state index is 0.0634. The Bertz CT molecular complexity index is 1010. The van der Waals surface area contributed by atoms with Gasteiger partial charge in [0.15, 0.2) is 0 Å². The number of hydrogen-bond donors (Lipinski definition) is 2. The van der Waals surface area contributed by atoms with Crippen molar-refractivity contribution in [1.29, 1.82) is 0 Å². The van der Waals surface area contributed by atoms with Gasteiger partial charge in [0, 0.05) is 42.3 Å². The molecule has 0 aliphatic carbocycles. The molecule has 0 saturated carbocycles. The maximum atomic E-state index is 12.6. The number of pyridine rings is 1. The Hall–Kier alpha value is -3.48. The largest absolute Gasteiger partial charge is 0.350 e. The van der Waals surface area contributed by atoms with Crippen LogP contribution in [0.2, 0.25) is 0 Å². The number of rotatable bonds is 5. The summed E-state index contributed by atoms with van der Waals surface area (Å²) in [5.74, 6) is -0.460. The second-order valence-corrected chi connectivity index (χ2v) is 6.95. The van der Waals surface area contributed by atoms with Crippen LogP contribution in [-0.2, 0) is 7.05 Å². The standard InChI is InChI=1S/C21H23N5O2/c1-13(2)24-20(27)15-5-7-17(8-6-15)25-21(28)19-9-18(14(3)10-22-19)16-11-23-26(4)12-16/h5-13H,1-4H3,(H,24,27)(H,25,28). The van der Waals surface area contributed by atoms with E-state index in [0.717, 1.165) is 16.7 Å². The Labute approximate surface area is 163 Å². The van der Waals surface area contributed by atoms with Crippen LogP contribution in [0.25, 0.3) is 11.1 Å². The summed E-state index contributed by atoms with van der Waals surface area (Å²) < 4.78 is 1.71. The van der Waals surface area contributed by atoms with Gasteiger partial charge in [0.25, 0.3) is 11.8 Å². The number of carbonyl (C=O) groups excluding carboxylic acids is 2. The molecule has 28 heavy (non-hydrogen) atoms. The summed E-state index contributed by atoms with van der Waals surface area (Å²) in [5.41, 5.74) is 4.25. The van der Waals surface area contributed by atoms with Crippen molar-refractivity contribution in [2.75, 3.05) is 5.32 Å². The van der Waals surface area contributed by atoms with Crippen LogP contribution in [0.3, 0.4) is 0 Å². The van der Waals surface area contributed by atoms with Gasteiger partial charge in [-0.05, 0) is 62.2 Å². The number of carbonyl (C=O) groups is 2. The fraction of sp³-hybridized carbons (Fsp3) is 0.238. The molecule has 3 aromatic rings. The monoisotopic (exact) mass is 377 g/mol. The number of hydrogen-bond acceptors (Lipinski definition) is 4. The zero-order valence-corrected chi connectivity index (χ0v) is 16.4. The Kier molecular flexibility index (Phi) is 5.54. The van der Waals surface area contributed by atoms with Crippen molar-refractivity contribution >= 4 is 17.5 Å². The zero-order chi connectivity index (χ0) is 20.3. The van der Waals surface area contributed by atoms with E-state index in [9.17, 15) is 9.59 Å². The van der Waals surface area contributed by atoms with E-state index in [4.69, 9.17) is 0 Å². The molecule has 1 aromatic carbocycles. The highest BCUT2D eigenvalue weighted by Crippen LogP contribution is 2.23. The molecule has 0 bridgehead atoms. The van der Waals surface area contributed by atoms with Gasteiger partial charge in [-0.15, -0.1) is 0 Å².